The first-order chi connectivity index (χ1) is 7.56. The second-order valence-electron chi connectivity index (χ2n) is 3.48. The quantitative estimate of drug-likeness (QED) is 0.171. The molecular formula is C9H20N2O5. The van der Waals surface area contributed by atoms with Crippen molar-refractivity contribution in [2.45, 2.75) is 32.6 Å². The Morgan fingerprint density at radius 3 is 2.56 bits per heavy atom. The molecule has 0 aliphatic carbocycles. The number of allylic oxidation sites excluding steroid dienone is 1. The van der Waals surface area contributed by atoms with Crippen LogP contribution in [0.4, 0.5) is 0 Å². The first-order valence-corrected chi connectivity index (χ1v) is 5.27. The lowest BCUT2D eigenvalue weighted by molar-refractivity contribution is -1.19. The Morgan fingerprint density at radius 2 is 2.00 bits per heavy atom. The van der Waals surface area contributed by atoms with Gasteiger partial charge in [0.1, 0.15) is 5.76 Å². The zero-order chi connectivity index (χ0) is 12.4. The van der Waals surface area contributed by atoms with E-state index in [1.165, 1.54) is 7.05 Å². The number of rotatable bonds is 10. The molecule has 0 rings (SSSR count). The highest BCUT2D eigenvalue weighted by Crippen LogP contribution is 2.07. The third-order valence-electron chi connectivity index (χ3n) is 1.73. The molecule has 0 aromatic rings. The highest BCUT2D eigenvalue weighted by molar-refractivity contribution is 4.79. The molecule has 0 bridgehead atoms. The molecule has 0 saturated carbocycles. The first-order valence-electron chi connectivity index (χ1n) is 5.27. The van der Waals surface area contributed by atoms with Crippen molar-refractivity contribution in [1.29, 1.82) is 0 Å². The number of unbranched alkanes of at least 4 members (excludes halogenated alkanes) is 2. The van der Waals surface area contributed by atoms with Gasteiger partial charge in [0.2, 0.25) is 6.67 Å². The van der Waals surface area contributed by atoms with Crippen molar-refractivity contribution in [1.82, 2.24) is 0 Å². The molecule has 7 heteroatoms. The van der Waals surface area contributed by atoms with Crippen molar-refractivity contribution >= 4 is 0 Å². The number of hydrogen-bond donors (Lipinski definition) is 2. The fourth-order valence-corrected chi connectivity index (χ4v) is 0.950. The van der Waals surface area contributed by atoms with Crippen LogP contribution in [-0.2, 0) is 14.9 Å². The maximum Gasteiger partial charge on any atom is 0.236 e. The highest BCUT2D eigenvalue weighted by Gasteiger charge is 2.03. The van der Waals surface area contributed by atoms with Crippen LogP contribution in [0.15, 0.2) is 12.3 Å². The molecule has 0 saturated heterocycles. The lowest BCUT2D eigenvalue weighted by atomic mass is 10.2. The molecule has 0 heterocycles. The Hall–Kier alpha value is -0.700. The SMILES string of the molecule is C=C(CCCCC)OOO[NH+]([O-])C[NH+](C)[O-]. The largest absolute Gasteiger partial charge is 0.630 e. The molecule has 2 atom stereocenters. The van der Waals surface area contributed by atoms with E-state index in [0.717, 1.165) is 19.3 Å². The summed E-state index contributed by atoms with van der Waals surface area (Å²) in [5.74, 6) is 0.393. The van der Waals surface area contributed by atoms with Gasteiger partial charge in [-0.05, 0) is 6.42 Å². The van der Waals surface area contributed by atoms with Gasteiger partial charge < -0.3 is 20.4 Å². The third-order valence-corrected chi connectivity index (χ3v) is 1.73. The van der Waals surface area contributed by atoms with Crippen LogP contribution in [0.2, 0.25) is 0 Å². The molecule has 0 spiro atoms. The standard InChI is InChI=1S/C9H20N2O5/c1-4-5-6-7-9(2)14-16-15-11(13)8-10(3)12/h10-11H,2,4-8H2,1,3H3. The van der Waals surface area contributed by atoms with E-state index in [0.29, 0.717) is 12.2 Å². The molecule has 7 nitrogen and oxygen atoms in total. The van der Waals surface area contributed by atoms with Crippen LogP contribution in [0.25, 0.3) is 0 Å². The van der Waals surface area contributed by atoms with E-state index in [1.54, 1.807) is 0 Å². The zero-order valence-corrected chi connectivity index (χ0v) is 9.78. The van der Waals surface area contributed by atoms with E-state index in [9.17, 15) is 10.4 Å². The maximum absolute atomic E-state index is 10.8. The molecule has 0 fully saturated rings. The molecule has 2 unspecified atom stereocenters. The number of hydrogen-bond acceptors (Lipinski definition) is 5. The van der Waals surface area contributed by atoms with Crippen LogP contribution in [-0.4, -0.2) is 13.7 Å². The second-order valence-corrected chi connectivity index (χ2v) is 3.48. The summed E-state index contributed by atoms with van der Waals surface area (Å²) in [6.45, 7) is 5.34. The van der Waals surface area contributed by atoms with Gasteiger partial charge in [-0.3, -0.25) is 0 Å². The zero-order valence-electron chi connectivity index (χ0n) is 9.78. The van der Waals surface area contributed by atoms with Gasteiger partial charge in [-0.2, -0.15) is 0 Å². The van der Waals surface area contributed by atoms with Gasteiger partial charge in [0, 0.05) is 16.4 Å². The Morgan fingerprint density at radius 1 is 1.31 bits per heavy atom. The maximum atomic E-state index is 10.8. The average Bonchev–Trinajstić information content (AvgIpc) is 2.17. The number of quaternary nitrogens is 2. The van der Waals surface area contributed by atoms with E-state index in [2.05, 4.69) is 28.4 Å². The van der Waals surface area contributed by atoms with Crippen LogP contribution in [0, 0.1) is 10.4 Å². The minimum absolute atomic E-state index is 0.296. The van der Waals surface area contributed by atoms with E-state index in [-0.39, 0.29) is 11.7 Å². The molecule has 0 aliphatic rings. The smallest absolute Gasteiger partial charge is 0.236 e. The van der Waals surface area contributed by atoms with E-state index >= 15 is 0 Å². The van der Waals surface area contributed by atoms with Crippen LogP contribution >= 0.6 is 0 Å². The average molecular weight is 236 g/mol. The van der Waals surface area contributed by atoms with Crippen molar-refractivity contribution in [2.24, 2.45) is 0 Å². The minimum atomic E-state index is -0.783. The van der Waals surface area contributed by atoms with Crippen molar-refractivity contribution in [3.05, 3.63) is 22.8 Å². The summed E-state index contributed by atoms with van der Waals surface area (Å²) in [6.07, 6.45) is 3.77. The van der Waals surface area contributed by atoms with Gasteiger partial charge in [0.25, 0.3) is 0 Å². The summed E-state index contributed by atoms with van der Waals surface area (Å²) < 4.78 is 0. The van der Waals surface area contributed by atoms with Gasteiger partial charge in [-0.1, -0.05) is 26.3 Å². The predicted molar refractivity (Wildman–Crippen MR) is 56.0 cm³/mol. The van der Waals surface area contributed by atoms with Crippen molar-refractivity contribution in [3.8, 4) is 0 Å². The van der Waals surface area contributed by atoms with Gasteiger partial charge in [0.15, 0.2) is 0 Å². The Balaban J connectivity index is 3.39. The van der Waals surface area contributed by atoms with Gasteiger partial charge in [0.05, 0.1) is 7.05 Å². The fourth-order valence-electron chi connectivity index (χ4n) is 0.950. The highest BCUT2D eigenvalue weighted by atomic mass is 17.6. The summed E-state index contributed by atoms with van der Waals surface area (Å²) in [5, 5.41) is 24.4. The monoisotopic (exact) mass is 236 g/mol. The summed E-state index contributed by atoms with van der Waals surface area (Å²) >= 11 is 0. The van der Waals surface area contributed by atoms with Gasteiger partial charge in [-0.25, -0.2) is 0 Å². The first kappa shape index (κ1) is 15.3. The predicted octanol–water partition coefficient (Wildman–Crippen LogP) is -0.772. The summed E-state index contributed by atoms with van der Waals surface area (Å²) in [6, 6.07) is 0. The molecule has 96 valence electrons. The van der Waals surface area contributed by atoms with Gasteiger partial charge in [-0.15, -0.1) is 5.23 Å². The Labute approximate surface area is 95.1 Å². The Kier molecular flexibility index (Phi) is 9.10. The van der Waals surface area contributed by atoms with Crippen molar-refractivity contribution in [3.63, 3.8) is 0 Å². The molecular weight excluding hydrogens is 216 g/mol. The molecule has 0 aromatic heterocycles. The summed E-state index contributed by atoms with van der Waals surface area (Å²) in [5.41, 5.74) is 0. The molecule has 0 radical (unpaired) electrons. The van der Waals surface area contributed by atoms with E-state index in [1.807, 2.05) is 0 Å². The fraction of sp³-hybridized carbons (Fsp3) is 0.778. The van der Waals surface area contributed by atoms with Crippen LogP contribution < -0.4 is 10.3 Å². The molecule has 2 N–H and O–H groups in total. The minimum Gasteiger partial charge on any atom is -0.630 e. The van der Waals surface area contributed by atoms with E-state index < -0.39 is 5.23 Å². The van der Waals surface area contributed by atoms with Gasteiger partial charge >= 0.3 is 0 Å². The lowest BCUT2D eigenvalue weighted by Gasteiger charge is -2.21. The lowest BCUT2D eigenvalue weighted by Crippen LogP contribution is -3.25. The molecule has 0 aliphatic heterocycles. The Bertz CT molecular complexity index is 189. The summed E-state index contributed by atoms with van der Waals surface area (Å²) in [4.78, 5) is 8.78. The second kappa shape index (κ2) is 9.52. The van der Waals surface area contributed by atoms with Crippen LogP contribution in [0.5, 0.6) is 0 Å². The third kappa shape index (κ3) is 9.84. The number of hydroxylamine groups is 4. The van der Waals surface area contributed by atoms with Crippen LogP contribution in [0.3, 0.4) is 0 Å². The van der Waals surface area contributed by atoms with E-state index in [4.69, 9.17) is 0 Å². The topological polar surface area (TPSA) is 82.7 Å². The molecule has 16 heavy (non-hydrogen) atoms. The normalized spacial score (nSPS) is 14.5. The summed E-state index contributed by atoms with van der Waals surface area (Å²) in [7, 11) is 1.28. The van der Waals surface area contributed by atoms with Crippen LogP contribution in [0.1, 0.15) is 32.6 Å². The number of nitrogens with one attached hydrogen (secondary N) is 2. The molecule has 0 amide bonds. The molecule has 0 aromatic carbocycles. The van der Waals surface area contributed by atoms with Crippen molar-refractivity contribution in [2.75, 3.05) is 13.7 Å². The van der Waals surface area contributed by atoms with Crippen molar-refractivity contribution < 1.29 is 25.2 Å².